The lowest BCUT2D eigenvalue weighted by Crippen LogP contribution is -2.52. The molecule has 20 heavy (non-hydrogen) atoms. The number of hydrogen-bond donors (Lipinski definition) is 2. The first kappa shape index (κ1) is 12.9. The number of fused-ring (bicyclic) bond motifs is 1. The molecule has 0 aromatic heterocycles. The number of para-hydroxylation sites is 2. The monoisotopic (exact) mass is 274 g/mol. The van der Waals surface area contributed by atoms with Gasteiger partial charge in [0.15, 0.2) is 0 Å². The average molecular weight is 274 g/mol. The molecule has 1 atom stereocenters. The predicted molar refractivity (Wildman–Crippen MR) is 76.0 cm³/mol. The number of amides is 2. The van der Waals surface area contributed by atoms with E-state index in [1.807, 2.05) is 24.3 Å². The molecular weight excluding hydrogens is 256 g/mol. The molecule has 6 nitrogen and oxygen atoms in total. The van der Waals surface area contributed by atoms with Crippen molar-refractivity contribution in [1.82, 2.24) is 10.3 Å². The Kier molecular flexibility index (Phi) is 3.31. The molecule has 1 aromatic carbocycles. The van der Waals surface area contributed by atoms with Crippen LogP contribution in [0.2, 0.25) is 0 Å². The van der Waals surface area contributed by atoms with Crippen molar-refractivity contribution >= 4 is 23.2 Å². The maximum Gasteiger partial charge on any atom is 0.245 e. The number of nitrogens with one attached hydrogen (secondary N) is 2. The minimum Gasteiger partial charge on any atom is -0.365 e. The van der Waals surface area contributed by atoms with Crippen molar-refractivity contribution < 1.29 is 9.59 Å². The first-order valence-electron chi connectivity index (χ1n) is 6.85. The molecule has 2 N–H and O–H groups in total. The summed E-state index contributed by atoms with van der Waals surface area (Å²) in [7, 11) is 0. The van der Waals surface area contributed by atoms with E-state index in [4.69, 9.17) is 0 Å². The summed E-state index contributed by atoms with van der Waals surface area (Å²) in [5.74, 6) is -0.513. The lowest BCUT2D eigenvalue weighted by atomic mass is 10.2. The van der Waals surface area contributed by atoms with E-state index >= 15 is 0 Å². The number of hydrazine groups is 1. The zero-order valence-corrected chi connectivity index (χ0v) is 11.4. The molecule has 2 amide bonds. The summed E-state index contributed by atoms with van der Waals surface area (Å²) in [6.07, 6.45) is 1.73. The van der Waals surface area contributed by atoms with Gasteiger partial charge in [-0.15, -0.1) is 0 Å². The third kappa shape index (κ3) is 2.22. The molecule has 106 valence electrons. The van der Waals surface area contributed by atoms with Crippen LogP contribution in [0, 0.1) is 0 Å². The first-order valence-corrected chi connectivity index (χ1v) is 6.85. The van der Waals surface area contributed by atoms with E-state index in [1.165, 1.54) is 6.92 Å². The van der Waals surface area contributed by atoms with Crippen LogP contribution in [-0.2, 0) is 9.59 Å². The number of hydrogen-bond acceptors (Lipinski definition) is 5. The van der Waals surface area contributed by atoms with Crippen LogP contribution in [0.4, 0.5) is 11.4 Å². The molecule has 0 radical (unpaired) electrons. The zero-order valence-electron chi connectivity index (χ0n) is 11.4. The second-order valence-electron chi connectivity index (χ2n) is 5.12. The van der Waals surface area contributed by atoms with Crippen LogP contribution < -0.4 is 15.6 Å². The summed E-state index contributed by atoms with van der Waals surface area (Å²) in [5, 5.41) is 9.85. The molecule has 0 saturated carbocycles. The van der Waals surface area contributed by atoms with Crippen molar-refractivity contribution in [3.8, 4) is 0 Å². The summed E-state index contributed by atoms with van der Waals surface area (Å²) in [4.78, 5) is 23.2. The molecule has 2 aliphatic rings. The van der Waals surface area contributed by atoms with Gasteiger partial charge >= 0.3 is 0 Å². The van der Waals surface area contributed by atoms with E-state index in [9.17, 15) is 9.59 Å². The normalized spacial score (nSPS) is 21.4. The second kappa shape index (κ2) is 5.13. The third-order valence-corrected chi connectivity index (χ3v) is 3.74. The Morgan fingerprint density at radius 3 is 2.95 bits per heavy atom. The fraction of sp³-hybridized carbons (Fsp3) is 0.429. The maximum atomic E-state index is 12.1. The quantitative estimate of drug-likeness (QED) is 0.839. The van der Waals surface area contributed by atoms with Crippen molar-refractivity contribution in [2.24, 2.45) is 0 Å². The summed E-state index contributed by atoms with van der Waals surface area (Å²) >= 11 is 0. The van der Waals surface area contributed by atoms with Gasteiger partial charge in [0.05, 0.1) is 11.4 Å². The molecule has 1 unspecified atom stereocenters. The smallest absolute Gasteiger partial charge is 0.245 e. The molecule has 2 aliphatic heterocycles. The molecule has 0 bridgehead atoms. The number of anilines is 2. The molecule has 6 heteroatoms. The standard InChI is InChI=1S/C14H18N4O2/c1-10(19)16-14(20)13-7-4-8-17(13)18-9-15-11-5-2-3-6-12(11)18/h2-3,5-6,13,15H,4,7-9H2,1H3,(H,16,19,20). The largest absolute Gasteiger partial charge is 0.365 e. The van der Waals surface area contributed by atoms with E-state index in [-0.39, 0.29) is 17.9 Å². The van der Waals surface area contributed by atoms with Gasteiger partial charge in [0, 0.05) is 13.5 Å². The molecule has 2 heterocycles. The summed E-state index contributed by atoms with van der Waals surface area (Å²) in [5.41, 5.74) is 2.15. The Morgan fingerprint density at radius 2 is 2.15 bits per heavy atom. The van der Waals surface area contributed by atoms with Crippen LogP contribution in [0.3, 0.4) is 0 Å². The van der Waals surface area contributed by atoms with Crippen molar-refractivity contribution in [1.29, 1.82) is 0 Å². The Morgan fingerprint density at radius 1 is 1.35 bits per heavy atom. The van der Waals surface area contributed by atoms with Crippen molar-refractivity contribution in [2.75, 3.05) is 23.5 Å². The fourth-order valence-corrected chi connectivity index (χ4v) is 2.89. The number of carbonyl (C=O) groups is 2. The van der Waals surface area contributed by atoms with Crippen LogP contribution in [0.25, 0.3) is 0 Å². The maximum absolute atomic E-state index is 12.1. The van der Waals surface area contributed by atoms with Gasteiger partial charge in [0.2, 0.25) is 11.8 Å². The van der Waals surface area contributed by atoms with E-state index in [1.54, 1.807) is 0 Å². The molecule has 1 aromatic rings. The predicted octanol–water partition coefficient (Wildman–Crippen LogP) is 0.918. The van der Waals surface area contributed by atoms with Gasteiger partial charge in [0.25, 0.3) is 0 Å². The number of rotatable bonds is 2. The molecule has 1 saturated heterocycles. The van der Waals surface area contributed by atoms with E-state index in [0.29, 0.717) is 6.67 Å². The molecular formula is C14H18N4O2. The highest BCUT2D eigenvalue weighted by Crippen LogP contribution is 2.34. The first-order chi connectivity index (χ1) is 9.66. The van der Waals surface area contributed by atoms with Crippen LogP contribution >= 0.6 is 0 Å². The Balaban J connectivity index is 1.80. The SMILES string of the molecule is CC(=O)NC(=O)C1CCCN1N1CNc2ccccc21. The minimum atomic E-state index is -0.304. The van der Waals surface area contributed by atoms with Crippen LogP contribution in [-0.4, -0.2) is 36.1 Å². The molecule has 3 rings (SSSR count). The Bertz CT molecular complexity index is 546. The lowest BCUT2D eigenvalue weighted by molar-refractivity contribution is -0.132. The lowest BCUT2D eigenvalue weighted by Gasteiger charge is -2.33. The summed E-state index contributed by atoms with van der Waals surface area (Å²) in [6.45, 7) is 2.85. The van der Waals surface area contributed by atoms with E-state index in [0.717, 1.165) is 30.8 Å². The number of imide groups is 1. The average Bonchev–Trinajstić information content (AvgIpc) is 3.03. The van der Waals surface area contributed by atoms with Crippen molar-refractivity contribution in [3.05, 3.63) is 24.3 Å². The number of carbonyl (C=O) groups excluding carboxylic acids is 2. The van der Waals surface area contributed by atoms with Crippen LogP contribution in [0.15, 0.2) is 24.3 Å². The summed E-state index contributed by atoms with van der Waals surface area (Å²) < 4.78 is 0. The third-order valence-electron chi connectivity index (χ3n) is 3.74. The van der Waals surface area contributed by atoms with Gasteiger partial charge in [-0.05, 0) is 25.0 Å². The highest BCUT2D eigenvalue weighted by molar-refractivity contribution is 5.97. The minimum absolute atomic E-state index is 0.209. The van der Waals surface area contributed by atoms with E-state index in [2.05, 4.69) is 20.7 Å². The van der Waals surface area contributed by atoms with E-state index < -0.39 is 0 Å². The van der Waals surface area contributed by atoms with Crippen LogP contribution in [0.1, 0.15) is 19.8 Å². The highest BCUT2D eigenvalue weighted by Gasteiger charge is 2.37. The topological polar surface area (TPSA) is 64.7 Å². The molecule has 0 aliphatic carbocycles. The van der Waals surface area contributed by atoms with Gasteiger partial charge in [-0.25, -0.2) is 5.01 Å². The Labute approximate surface area is 117 Å². The van der Waals surface area contributed by atoms with Gasteiger partial charge in [0.1, 0.15) is 12.7 Å². The molecule has 1 fully saturated rings. The van der Waals surface area contributed by atoms with Gasteiger partial charge in [-0.2, -0.15) is 0 Å². The highest BCUT2D eigenvalue weighted by atomic mass is 16.2. The van der Waals surface area contributed by atoms with Gasteiger partial charge in [-0.3, -0.25) is 19.9 Å². The number of nitrogens with zero attached hydrogens (tertiary/aromatic N) is 2. The van der Waals surface area contributed by atoms with Crippen molar-refractivity contribution in [3.63, 3.8) is 0 Å². The Hall–Kier alpha value is -2.08. The fourth-order valence-electron chi connectivity index (χ4n) is 2.89. The van der Waals surface area contributed by atoms with Crippen molar-refractivity contribution in [2.45, 2.75) is 25.8 Å². The summed E-state index contributed by atoms with van der Waals surface area (Å²) in [6, 6.07) is 7.76. The van der Waals surface area contributed by atoms with Crippen LogP contribution in [0.5, 0.6) is 0 Å². The number of benzene rings is 1. The molecule has 0 spiro atoms. The second-order valence-corrected chi connectivity index (χ2v) is 5.12. The van der Waals surface area contributed by atoms with Gasteiger partial charge in [-0.1, -0.05) is 12.1 Å². The zero-order chi connectivity index (χ0) is 14.1. The van der Waals surface area contributed by atoms with Gasteiger partial charge < -0.3 is 5.32 Å².